The first kappa shape index (κ1) is 12.4. The zero-order valence-corrected chi connectivity index (χ0v) is 11.3. The Labute approximate surface area is 118 Å². The van der Waals surface area contributed by atoms with Crippen molar-refractivity contribution in [1.82, 2.24) is 4.98 Å². The highest BCUT2D eigenvalue weighted by Crippen LogP contribution is 2.20. The van der Waals surface area contributed by atoms with Gasteiger partial charge in [0.25, 0.3) is 0 Å². The van der Waals surface area contributed by atoms with Gasteiger partial charge < -0.3 is 4.74 Å². The molecule has 0 radical (unpaired) electrons. The molecule has 1 heterocycles. The summed E-state index contributed by atoms with van der Waals surface area (Å²) < 4.78 is 5.33. The number of ether oxygens (including phenoxy) is 1. The first-order chi connectivity index (χ1) is 9.86. The highest BCUT2D eigenvalue weighted by Gasteiger charge is 1.98. The van der Waals surface area contributed by atoms with Crippen LogP contribution in [0.3, 0.4) is 0 Å². The topological polar surface area (TPSA) is 22.1 Å². The lowest BCUT2D eigenvalue weighted by Gasteiger charge is -2.03. The molecule has 0 N–H and O–H groups in total. The minimum atomic E-state index is 0.865. The molecule has 98 valence electrons. The number of rotatable bonds is 3. The second-order valence-electron chi connectivity index (χ2n) is 4.50. The summed E-state index contributed by atoms with van der Waals surface area (Å²) in [6.07, 6.45) is 4.03. The quantitative estimate of drug-likeness (QED) is 0.696. The van der Waals surface area contributed by atoms with E-state index in [-0.39, 0.29) is 0 Å². The smallest absolute Gasteiger partial charge is 0.126 e. The van der Waals surface area contributed by atoms with Crippen molar-refractivity contribution in [2.24, 2.45) is 0 Å². The molecule has 3 aromatic rings. The molecule has 2 heteroatoms. The third-order valence-corrected chi connectivity index (χ3v) is 3.19. The molecule has 0 aliphatic carbocycles. The summed E-state index contributed by atoms with van der Waals surface area (Å²) in [4.78, 5) is 4.62. The van der Waals surface area contributed by atoms with E-state index in [4.69, 9.17) is 4.74 Å². The van der Waals surface area contributed by atoms with Crippen molar-refractivity contribution in [2.75, 3.05) is 7.11 Å². The van der Waals surface area contributed by atoms with Crippen LogP contribution in [0.2, 0.25) is 0 Å². The van der Waals surface area contributed by atoms with Crippen molar-refractivity contribution < 1.29 is 4.74 Å². The number of aromatic nitrogens is 1. The van der Waals surface area contributed by atoms with Crippen LogP contribution < -0.4 is 4.74 Å². The van der Waals surface area contributed by atoms with Crippen LogP contribution in [0.4, 0.5) is 0 Å². The van der Waals surface area contributed by atoms with E-state index >= 15 is 0 Å². The number of benzene rings is 2. The monoisotopic (exact) mass is 261 g/mol. The second-order valence-corrected chi connectivity index (χ2v) is 4.50. The zero-order valence-electron chi connectivity index (χ0n) is 11.3. The molecule has 3 rings (SSSR count). The molecule has 2 aromatic carbocycles. The van der Waals surface area contributed by atoms with Gasteiger partial charge in [0.1, 0.15) is 5.75 Å². The SMILES string of the molecule is COc1ccccc1/C=C\c1ccc2ccccc2n1. The van der Waals surface area contributed by atoms with Crippen molar-refractivity contribution in [3.63, 3.8) is 0 Å². The lowest BCUT2D eigenvalue weighted by Crippen LogP contribution is -1.86. The van der Waals surface area contributed by atoms with Gasteiger partial charge in [0.15, 0.2) is 0 Å². The van der Waals surface area contributed by atoms with Gasteiger partial charge >= 0.3 is 0 Å². The first-order valence-electron chi connectivity index (χ1n) is 6.54. The number of nitrogens with zero attached hydrogens (tertiary/aromatic N) is 1. The van der Waals surface area contributed by atoms with Crippen LogP contribution in [0.15, 0.2) is 60.7 Å². The fraction of sp³-hybridized carbons (Fsp3) is 0.0556. The molecule has 0 amide bonds. The summed E-state index contributed by atoms with van der Waals surface area (Å²) in [6, 6.07) is 20.2. The van der Waals surface area contributed by atoms with E-state index < -0.39 is 0 Å². The van der Waals surface area contributed by atoms with E-state index in [1.54, 1.807) is 7.11 Å². The Morgan fingerprint density at radius 1 is 0.850 bits per heavy atom. The maximum atomic E-state index is 5.33. The molecule has 0 aliphatic heterocycles. The fourth-order valence-corrected chi connectivity index (χ4v) is 2.15. The minimum absolute atomic E-state index is 0.865. The molecule has 0 aliphatic rings. The maximum Gasteiger partial charge on any atom is 0.126 e. The van der Waals surface area contributed by atoms with Crippen molar-refractivity contribution in [1.29, 1.82) is 0 Å². The van der Waals surface area contributed by atoms with Crippen LogP contribution in [0, 0.1) is 0 Å². The first-order valence-corrected chi connectivity index (χ1v) is 6.54. The van der Waals surface area contributed by atoms with Crippen molar-refractivity contribution >= 4 is 23.1 Å². The van der Waals surface area contributed by atoms with Gasteiger partial charge in [-0.2, -0.15) is 0 Å². The predicted octanol–water partition coefficient (Wildman–Crippen LogP) is 4.41. The molecule has 20 heavy (non-hydrogen) atoms. The molecular formula is C18H15NO. The molecule has 0 bridgehead atoms. The molecule has 1 aromatic heterocycles. The van der Waals surface area contributed by atoms with Crippen molar-refractivity contribution in [3.05, 3.63) is 71.9 Å². The number of methoxy groups -OCH3 is 1. The van der Waals surface area contributed by atoms with E-state index in [9.17, 15) is 0 Å². The van der Waals surface area contributed by atoms with Crippen LogP contribution in [-0.4, -0.2) is 12.1 Å². The predicted molar refractivity (Wildman–Crippen MR) is 83.7 cm³/mol. The molecule has 2 nitrogen and oxygen atoms in total. The van der Waals surface area contributed by atoms with Crippen molar-refractivity contribution in [2.45, 2.75) is 0 Å². The van der Waals surface area contributed by atoms with Gasteiger partial charge in [-0.3, -0.25) is 0 Å². The number of hydrogen-bond acceptors (Lipinski definition) is 2. The number of para-hydroxylation sites is 2. The fourth-order valence-electron chi connectivity index (χ4n) is 2.15. The minimum Gasteiger partial charge on any atom is -0.496 e. The van der Waals surface area contributed by atoms with E-state index in [1.165, 1.54) is 0 Å². The summed E-state index contributed by atoms with van der Waals surface area (Å²) in [7, 11) is 1.68. The number of pyridine rings is 1. The van der Waals surface area contributed by atoms with Crippen LogP contribution in [0.25, 0.3) is 23.1 Å². The lowest BCUT2D eigenvalue weighted by molar-refractivity contribution is 0.414. The largest absolute Gasteiger partial charge is 0.496 e. The van der Waals surface area contributed by atoms with E-state index in [0.29, 0.717) is 0 Å². The van der Waals surface area contributed by atoms with Gasteiger partial charge in [-0.25, -0.2) is 4.98 Å². The molecular weight excluding hydrogens is 246 g/mol. The highest BCUT2D eigenvalue weighted by molar-refractivity contribution is 5.81. The third-order valence-electron chi connectivity index (χ3n) is 3.19. The highest BCUT2D eigenvalue weighted by atomic mass is 16.5. The number of fused-ring (bicyclic) bond motifs is 1. The Balaban J connectivity index is 1.94. The normalized spacial score (nSPS) is 11.1. The lowest BCUT2D eigenvalue weighted by atomic mass is 10.1. The Morgan fingerprint density at radius 3 is 2.55 bits per heavy atom. The average Bonchev–Trinajstić information content (AvgIpc) is 2.53. The molecule has 0 saturated carbocycles. The standard InChI is InChI=1S/C18H15NO/c1-20-18-9-5-3-7-15(18)11-13-16-12-10-14-6-2-4-8-17(14)19-16/h2-13H,1H3/b13-11-. The van der Waals surface area contributed by atoms with Crippen LogP contribution >= 0.6 is 0 Å². The summed E-state index contributed by atoms with van der Waals surface area (Å²) in [5.41, 5.74) is 2.99. The van der Waals surface area contributed by atoms with E-state index in [0.717, 1.165) is 27.9 Å². The maximum absolute atomic E-state index is 5.33. The third kappa shape index (κ3) is 2.54. The Bertz CT molecular complexity index is 762. The van der Waals surface area contributed by atoms with Gasteiger partial charge in [0.2, 0.25) is 0 Å². The van der Waals surface area contributed by atoms with Gasteiger partial charge in [-0.05, 0) is 30.4 Å². The van der Waals surface area contributed by atoms with Gasteiger partial charge in [-0.1, -0.05) is 42.5 Å². The molecule has 0 fully saturated rings. The Kier molecular flexibility index (Phi) is 3.46. The molecule has 0 spiro atoms. The molecule has 0 saturated heterocycles. The Morgan fingerprint density at radius 2 is 1.65 bits per heavy atom. The average molecular weight is 261 g/mol. The van der Waals surface area contributed by atoms with Gasteiger partial charge in [0.05, 0.1) is 18.3 Å². The molecule has 0 unspecified atom stereocenters. The van der Waals surface area contributed by atoms with Gasteiger partial charge in [-0.15, -0.1) is 0 Å². The van der Waals surface area contributed by atoms with E-state index in [2.05, 4.69) is 17.1 Å². The van der Waals surface area contributed by atoms with Crippen LogP contribution in [-0.2, 0) is 0 Å². The Hall–Kier alpha value is -2.61. The van der Waals surface area contributed by atoms with Gasteiger partial charge in [0, 0.05) is 10.9 Å². The van der Waals surface area contributed by atoms with Crippen molar-refractivity contribution in [3.8, 4) is 5.75 Å². The molecule has 0 atom stereocenters. The summed E-state index contributed by atoms with van der Waals surface area (Å²) in [5, 5.41) is 1.15. The summed E-state index contributed by atoms with van der Waals surface area (Å²) in [5.74, 6) is 0.865. The summed E-state index contributed by atoms with van der Waals surface area (Å²) in [6.45, 7) is 0. The van der Waals surface area contributed by atoms with E-state index in [1.807, 2.05) is 60.7 Å². The zero-order chi connectivity index (χ0) is 13.8. The second kappa shape index (κ2) is 5.57. The summed E-state index contributed by atoms with van der Waals surface area (Å²) >= 11 is 0. The van der Waals surface area contributed by atoms with Crippen LogP contribution in [0.5, 0.6) is 5.75 Å². The number of hydrogen-bond donors (Lipinski definition) is 0. The van der Waals surface area contributed by atoms with Crippen LogP contribution in [0.1, 0.15) is 11.3 Å².